The van der Waals surface area contributed by atoms with Gasteiger partial charge in [0.2, 0.25) is 0 Å². The molecule has 1 aromatic rings. The Morgan fingerprint density at radius 2 is 2.05 bits per heavy atom. The molecule has 0 aromatic heterocycles. The number of nitrogens with zero attached hydrogens (tertiary/aromatic N) is 1. The van der Waals surface area contributed by atoms with Gasteiger partial charge in [-0.25, -0.2) is 4.39 Å². The number of benzene rings is 1. The van der Waals surface area contributed by atoms with Crippen LogP contribution in [-0.4, -0.2) is 36.8 Å². The van der Waals surface area contributed by atoms with Crippen LogP contribution < -0.4 is 4.74 Å². The van der Waals surface area contributed by atoms with E-state index in [1.165, 1.54) is 26.0 Å². The Bertz CT molecular complexity index is 452. The van der Waals surface area contributed by atoms with Crippen LogP contribution in [0.25, 0.3) is 0 Å². The van der Waals surface area contributed by atoms with E-state index < -0.39 is 0 Å². The predicted molar refractivity (Wildman–Crippen MR) is 81.9 cm³/mol. The Balaban J connectivity index is 1.91. The van der Waals surface area contributed by atoms with E-state index >= 15 is 0 Å². The molecular weight excluding hydrogens is 269 g/mol. The lowest BCUT2D eigenvalue weighted by molar-refractivity contribution is 0.0780. The fraction of sp³-hybridized carbons (Fsp3) is 0.647. The predicted octanol–water partition coefficient (Wildman–Crippen LogP) is 3.21. The number of rotatable bonds is 5. The van der Waals surface area contributed by atoms with Crippen molar-refractivity contribution in [2.45, 2.75) is 44.8 Å². The van der Waals surface area contributed by atoms with Gasteiger partial charge in [-0.1, -0.05) is 25.3 Å². The van der Waals surface area contributed by atoms with E-state index in [2.05, 4.69) is 4.90 Å². The van der Waals surface area contributed by atoms with Crippen LogP contribution in [0.15, 0.2) is 18.2 Å². The van der Waals surface area contributed by atoms with Crippen LogP contribution >= 0.6 is 0 Å². The summed E-state index contributed by atoms with van der Waals surface area (Å²) in [5, 5.41) is 10.2. The number of aliphatic hydroxyl groups is 1. The second-order valence-electron chi connectivity index (χ2n) is 6.13. The van der Waals surface area contributed by atoms with Crippen molar-refractivity contribution in [3.63, 3.8) is 0 Å². The molecule has 0 aliphatic heterocycles. The van der Waals surface area contributed by atoms with Crippen molar-refractivity contribution in [3.05, 3.63) is 29.6 Å². The topological polar surface area (TPSA) is 32.7 Å². The van der Waals surface area contributed by atoms with Gasteiger partial charge in [-0.05, 0) is 43.5 Å². The summed E-state index contributed by atoms with van der Waals surface area (Å²) in [7, 11) is 3.50. The third-order valence-corrected chi connectivity index (χ3v) is 4.33. The van der Waals surface area contributed by atoms with Gasteiger partial charge in [-0.2, -0.15) is 0 Å². The van der Waals surface area contributed by atoms with Crippen molar-refractivity contribution in [1.29, 1.82) is 0 Å². The van der Waals surface area contributed by atoms with Crippen molar-refractivity contribution >= 4 is 0 Å². The number of halogens is 1. The van der Waals surface area contributed by atoms with E-state index in [0.717, 1.165) is 31.4 Å². The summed E-state index contributed by atoms with van der Waals surface area (Å²) in [5.41, 5.74) is 0.930. The van der Waals surface area contributed by atoms with Gasteiger partial charge in [0, 0.05) is 13.1 Å². The first-order valence-corrected chi connectivity index (χ1v) is 7.79. The summed E-state index contributed by atoms with van der Waals surface area (Å²) < 4.78 is 18.6. The molecule has 0 bridgehead atoms. The van der Waals surface area contributed by atoms with Gasteiger partial charge >= 0.3 is 0 Å². The van der Waals surface area contributed by atoms with Crippen LogP contribution in [-0.2, 0) is 6.54 Å². The molecular formula is C17H26FNO2. The lowest BCUT2D eigenvalue weighted by atomic mass is 9.96. The van der Waals surface area contributed by atoms with E-state index in [1.807, 2.05) is 13.1 Å². The zero-order valence-electron chi connectivity index (χ0n) is 13.0. The minimum atomic E-state index is -0.321. The molecule has 21 heavy (non-hydrogen) atoms. The average molecular weight is 295 g/mol. The van der Waals surface area contributed by atoms with Gasteiger partial charge in [0.1, 0.15) is 0 Å². The molecule has 0 amide bonds. The summed E-state index contributed by atoms with van der Waals surface area (Å²) in [6.07, 6.45) is 5.36. The highest BCUT2D eigenvalue weighted by atomic mass is 19.1. The molecule has 1 aliphatic carbocycles. The van der Waals surface area contributed by atoms with Gasteiger partial charge in [0.25, 0.3) is 0 Å². The van der Waals surface area contributed by atoms with Crippen molar-refractivity contribution in [3.8, 4) is 5.75 Å². The maximum absolute atomic E-state index is 13.7. The maximum atomic E-state index is 13.7. The molecule has 1 N–H and O–H groups in total. The highest BCUT2D eigenvalue weighted by Gasteiger charge is 2.22. The summed E-state index contributed by atoms with van der Waals surface area (Å²) >= 11 is 0. The van der Waals surface area contributed by atoms with Gasteiger partial charge in [-0.15, -0.1) is 0 Å². The Hall–Kier alpha value is -1.13. The SMILES string of the molecule is COc1ccc(CN(C)CC2CCCCCC2O)cc1F. The highest BCUT2D eigenvalue weighted by molar-refractivity contribution is 5.29. The molecule has 1 fully saturated rings. The quantitative estimate of drug-likeness (QED) is 0.847. The summed E-state index contributed by atoms with van der Waals surface area (Å²) in [5.74, 6) is 0.291. The minimum absolute atomic E-state index is 0.192. The fourth-order valence-corrected chi connectivity index (χ4v) is 3.16. The molecule has 2 unspecified atom stereocenters. The van der Waals surface area contributed by atoms with E-state index in [4.69, 9.17) is 4.74 Å². The van der Waals surface area contributed by atoms with E-state index in [1.54, 1.807) is 6.07 Å². The van der Waals surface area contributed by atoms with E-state index in [9.17, 15) is 9.50 Å². The third kappa shape index (κ3) is 4.68. The molecule has 2 atom stereocenters. The summed E-state index contributed by atoms with van der Waals surface area (Å²) in [4.78, 5) is 2.17. The Labute approximate surface area is 126 Å². The van der Waals surface area contributed by atoms with Gasteiger partial charge in [0.05, 0.1) is 13.2 Å². The molecule has 3 nitrogen and oxygen atoms in total. The number of hydrogen-bond donors (Lipinski definition) is 1. The van der Waals surface area contributed by atoms with Crippen LogP contribution in [0.3, 0.4) is 0 Å². The fourth-order valence-electron chi connectivity index (χ4n) is 3.16. The molecule has 0 spiro atoms. The first kappa shape index (κ1) is 16.2. The normalized spacial score (nSPS) is 23.1. The Morgan fingerprint density at radius 1 is 1.29 bits per heavy atom. The Morgan fingerprint density at radius 3 is 2.76 bits per heavy atom. The molecule has 118 valence electrons. The standard InChI is InChI=1S/C17H26FNO2/c1-19(12-14-6-4-3-5-7-16(14)20)11-13-8-9-17(21-2)15(18)10-13/h8-10,14,16,20H,3-7,11-12H2,1-2H3. The molecule has 1 saturated carbocycles. The third-order valence-electron chi connectivity index (χ3n) is 4.33. The molecule has 0 heterocycles. The van der Waals surface area contributed by atoms with Gasteiger partial charge < -0.3 is 14.7 Å². The molecule has 0 saturated heterocycles. The maximum Gasteiger partial charge on any atom is 0.165 e. The van der Waals surface area contributed by atoms with Crippen LogP contribution in [0.5, 0.6) is 5.75 Å². The lowest BCUT2D eigenvalue weighted by Crippen LogP contribution is -2.32. The monoisotopic (exact) mass is 295 g/mol. The number of ether oxygens (including phenoxy) is 1. The number of aliphatic hydroxyl groups excluding tert-OH is 1. The smallest absolute Gasteiger partial charge is 0.165 e. The second kappa shape index (κ2) is 7.76. The van der Waals surface area contributed by atoms with Gasteiger partial charge in [-0.3, -0.25) is 0 Å². The second-order valence-corrected chi connectivity index (χ2v) is 6.13. The first-order chi connectivity index (χ1) is 10.1. The first-order valence-electron chi connectivity index (χ1n) is 7.79. The molecule has 1 aromatic carbocycles. The zero-order chi connectivity index (χ0) is 15.2. The van der Waals surface area contributed by atoms with Crippen LogP contribution in [0.4, 0.5) is 4.39 Å². The van der Waals surface area contributed by atoms with Crippen LogP contribution in [0.1, 0.15) is 37.7 Å². The highest BCUT2D eigenvalue weighted by Crippen LogP contribution is 2.25. The van der Waals surface area contributed by atoms with Crippen LogP contribution in [0.2, 0.25) is 0 Å². The number of methoxy groups -OCH3 is 1. The average Bonchev–Trinajstić information content (AvgIpc) is 2.64. The lowest BCUT2D eigenvalue weighted by Gasteiger charge is -2.26. The molecule has 4 heteroatoms. The van der Waals surface area contributed by atoms with E-state index in [0.29, 0.717) is 12.5 Å². The van der Waals surface area contributed by atoms with Crippen molar-refractivity contribution in [1.82, 2.24) is 4.90 Å². The minimum Gasteiger partial charge on any atom is -0.494 e. The zero-order valence-corrected chi connectivity index (χ0v) is 13.0. The van der Waals surface area contributed by atoms with Crippen molar-refractivity contribution in [2.24, 2.45) is 5.92 Å². The molecule has 2 rings (SSSR count). The summed E-state index contributed by atoms with van der Waals surface area (Å²) in [6.45, 7) is 1.54. The molecule has 1 aliphatic rings. The molecule has 0 radical (unpaired) electrons. The van der Waals surface area contributed by atoms with Crippen LogP contribution in [0, 0.1) is 11.7 Å². The van der Waals surface area contributed by atoms with Crippen molar-refractivity contribution < 1.29 is 14.2 Å². The van der Waals surface area contributed by atoms with Gasteiger partial charge in [0.15, 0.2) is 11.6 Å². The van der Waals surface area contributed by atoms with Crippen molar-refractivity contribution in [2.75, 3.05) is 20.7 Å². The summed E-state index contributed by atoms with van der Waals surface area (Å²) in [6, 6.07) is 5.08. The van der Waals surface area contributed by atoms with E-state index in [-0.39, 0.29) is 17.7 Å². The Kier molecular flexibility index (Phi) is 6.00. The largest absolute Gasteiger partial charge is 0.494 e. The number of hydrogen-bond acceptors (Lipinski definition) is 3.